The molecule has 3 N–H and O–H groups in total. The fourth-order valence-corrected chi connectivity index (χ4v) is 2.77. The van der Waals surface area contributed by atoms with E-state index in [4.69, 9.17) is 9.84 Å². The van der Waals surface area contributed by atoms with E-state index < -0.39 is 24.2 Å². The lowest BCUT2D eigenvalue weighted by atomic mass is 10.0. The van der Waals surface area contributed by atoms with Crippen molar-refractivity contribution in [1.82, 2.24) is 5.32 Å². The first kappa shape index (κ1) is 16.6. The van der Waals surface area contributed by atoms with Crippen molar-refractivity contribution in [2.24, 2.45) is 0 Å². The summed E-state index contributed by atoms with van der Waals surface area (Å²) in [6.07, 6.45) is -1.66. The van der Waals surface area contributed by atoms with Gasteiger partial charge in [0.15, 0.2) is 0 Å². The Bertz CT molecular complexity index is 719. The number of aliphatic carboxylic acids is 1. The van der Waals surface area contributed by atoms with Crippen molar-refractivity contribution in [3.05, 3.63) is 59.9 Å². The highest BCUT2D eigenvalue weighted by molar-refractivity contribution is 5.75. The predicted octanol–water partition coefficient (Wildman–Crippen LogP) is 1.80. The van der Waals surface area contributed by atoms with Gasteiger partial charge in [0.2, 0.25) is 0 Å². The van der Waals surface area contributed by atoms with Crippen LogP contribution in [0.1, 0.15) is 5.56 Å². The molecule has 0 saturated carbocycles. The average molecular weight is 331 g/mol. The third-order valence-electron chi connectivity index (χ3n) is 4.13. The smallest absolute Gasteiger partial charge is 0.323 e. The highest BCUT2D eigenvalue weighted by Gasteiger charge is 2.39. The Hall–Kier alpha value is -2.28. The lowest BCUT2D eigenvalue weighted by molar-refractivity contribution is -0.142. The van der Waals surface area contributed by atoms with E-state index in [9.17, 15) is 14.3 Å². The fourth-order valence-electron chi connectivity index (χ4n) is 2.77. The molecule has 5 nitrogen and oxygen atoms in total. The SMILES string of the molecule is O=C(O)[C@@H]1NC[C@H](OCc2ccc(-c3ccccc3F)cc2)[C@H]1O. The summed E-state index contributed by atoms with van der Waals surface area (Å²) >= 11 is 0. The summed E-state index contributed by atoms with van der Waals surface area (Å²) in [5.74, 6) is -1.37. The first-order valence-electron chi connectivity index (χ1n) is 7.66. The lowest BCUT2D eigenvalue weighted by Crippen LogP contribution is -2.40. The van der Waals surface area contributed by atoms with Gasteiger partial charge in [0.25, 0.3) is 0 Å². The second-order valence-corrected chi connectivity index (χ2v) is 5.74. The molecule has 0 amide bonds. The van der Waals surface area contributed by atoms with Crippen molar-refractivity contribution >= 4 is 5.97 Å². The first-order valence-corrected chi connectivity index (χ1v) is 7.66. The molecule has 1 aliphatic heterocycles. The zero-order valence-electron chi connectivity index (χ0n) is 12.9. The van der Waals surface area contributed by atoms with Crippen molar-refractivity contribution in [3.8, 4) is 11.1 Å². The molecular weight excluding hydrogens is 313 g/mol. The maximum Gasteiger partial charge on any atom is 0.323 e. The minimum atomic E-state index is -1.09. The summed E-state index contributed by atoms with van der Waals surface area (Å²) in [6.45, 7) is 0.527. The number of benzene rings is 2. The van der Waals surface area contributed by atoms with Crippen molar-refractivity contribution in [1.29, 1.82) is 0 Å². The number of carboxylic acids is 1. The fraction of sp³-hybridized carbons (Fsp3) is 0.278. The van der Waals surface area contributed by atoms with Crippen LogP contribution in [0.3, 0.4) is 0 Å². The minimum absolute atomic E-state index is 0.243. The molecule has 0 bridgehead atoms. The van der Waals surface area contributed by atoms with Crippen LogP contribution in [0.5, 0.6) is 0 Å². The average Bonchev–Trinajstić information content (AvgIpc) is 2.95. The van der Waals surface area contributed by atoms with E-state index >= 15 is 0 Å². The van der Waals surface area contributed by atoms with E-state index in [0.717, 1.165) is 11.1 Å². The quantitative estimate of drug-likeness (QED) is 0.779. The summed E-state index contributed by atoms with van der Waals surface area (Å²) in [5, 5.41) is 21.6. The Balaban J connectivity index is 1.61. The highest BCUT2D eigenvalue weighted by atomic mass is 19.1. The van der Waals surface area contributed by atoms with Gasteiger partial charge >= 0.3 is 5.97 Å². The van der Waals surface area contributed by atoms with Gasteiger partial charge in [-0.25, -0.2) is 4.39 Å². The molecule has 6 heteroatoms. The number of aliphatic hydroxyl groups is 1. The first-order chi connectivity index (χ1) is 11.6. The zero-order valence-corrected chi connectivity index (χ0v) is 12.9. The van der Waals surface area contributed by atoms with Crippen LogP contribution in [-0.4, -0.2) is 41.0 Å². The number of carboxylic acid groups (broad SMARTS) is 1. The van der Waals surface area contributed by atoms with Crippen molar-refractivity contribution < 1.29 is 24.1 Å². The van der Waals surface area contributed by atoms with E-state index in [0.29, 0.717) is 5.56 Å². The molecule has 126 valence electrons. The summed E-state index contributed by atoms with van der Waals surface area (Å²) in [7, 11) is 0. The van der Waals surface area contributed by atoms with Crippen LogP contribution >= 0.6 is 0 Å². The Labute approximate surface area is 138 Å². The van der Waals surface area contributed by atoms with Gasteiger partial charge in [-0.15, -0.1) is 0 Å². The van der Waals surface area contributed by atoms with Crippen LogP contribution in [0.2, 0.25) is 0 Å². The topological polar surface area (TPSA) is 78.8 Å². The third-order valence-corrected chi connectivity index (χ3v) is 4.13. The van der Waals surface area contributed by atoms with E-state index in [2.05, 4.69) is 5.32 Å². The molecule has 0 spiro atoms. The molecule has 1 aliphatic rings. The van der Waals surface area contributed by atoms with Crippen LogP contribution in [0.25, 0.3) is 11.1 Å². The van der Waals surface area contributed by atoms with Crippen LogP contribution in [0.4, 0.5) is 4.39 Å². The van der Waals surface area contributed by atoms with Gasteiger partial charge in [0.1, 0.15) is 18.0 Å². The Morgan fingerprint density at radius 1 is 1.21 bits per heavy atom. The molecule has 0 radical (unpaired) electrons. The number of rotatable bonds is 5. The van der Waals surface area contributed by atoms with Gasteiger partial charge in [-0.2, -0.15) is 0 Å². The van der Waals surface area contributed by atoms with Gasteiger partial charge in [0, 0.05) is 12.1 Å². The Morgan fingerprint density at radius 3 is 2.54 bits per heavy atom. The number of carbonyl (C=O) groups is 1. The molecule has 1 fully saturated rings. The van der Waals surface area contributed by atoms with Crippen molar-refractivity contribution in [2.45, 2.75) is 24.9 Å². The van der Waals surface area contributed by atoms with Crippen molar-refractivity contribution in [3.63, 3.8) is 0 Å². The summed E-state index contributed by atoms with van der Waals surface area (Å²) in [4.78, 5) is 10.9. The molecule has 0 aromatic heterocycles. The second kappa shape index (κ2) is 7.09. The minimum Gasteiger partial charge on any atom is -0.480 e. The molecule has 1 heterocycles. The van der Waals surface area contributed by atoms with Crippen LogP contribution in [0, 0.1) is 5.82 Å². The van der Waals surface area contributed by atoms with Gasteiger partial charge in [-0.3, -0.25) is 10.1 Å². The standard InChI is InChI=1S/C18H18FNO4/c19-14-4-2-1-3-13(14)12-7-5-11(6-8-12)10-24-15-9-20-16(17(15)21)18(22)23/h1-8,15-17,20-21H,9-10H2,(H,22,23)/t15-,16+,17+/m0/s1. The van der Waals surface area contributed by atoms with Crippen molar-refractivity contribution in [2.75, 3.05) is 6.54 Å². The molecule has 2 aromatic rings. The molecule has 2 aromatic carbocycles. The molecular formula is C18H18FNO4. The van der Waals surface area contributed by atoms with Gasteiger partial charge < -0.3 is 14.9 Å². The van der Waals surface area contributed by atoms with Crippen LogP contribution in [0.15, 0.2) is 48.5 Å². The van der Waals surface area contributed by atoms with Crippen LogP contribution < -0.4 is 5.32 Å². The van der Waals surface area contributed by atoms with Gasteiger partial charge in [-0.05, 0) is 17.2 Å². The molecule has 24 heavy (non-hydrogen) atoms. The number of halogens is 1. The van der Waals surface area contributed by atoms with E-state index in [1.165, 1.54) is 6.07 Å². The largest absolute Gasteiger partial charge is 0.480 e. The zero-order chi connectivity index (χ0) is 17.1. The number of aliphatic hydroxyl groups excluding tert-OH is 1. The Kier molecular flexibility index (Phi) is 4.89. The summed E-state index contributed by atoms with van der Waals surface area (Å²) in [5.41, 5.74) is 2.16. The van der Waals surface area contributed by atoms with Crippen LogP contribution in [-0.2, 0) is 16.1 Å². The summed E-state index contributed by atoms with van der Waals surface area (Å²) in [6, 6.07) is 12.8. The summed E-state index contributed by atoms with van der Waals surface area (Å²) < 4.78 is 19.4. The Morgan fingerprint density at radius 2 is 1.92 bits per heavy atom. The number of ether oxygens (including phenoxy) is 1. The van der Waals surface area contributed by atoms with E-state index in [-0.39, 0.29) is 19.0 Å². The maximum absolute atomic E-state index is 13.8. The predicted molar refractivity (Wildman–Crippen MR) is 85.8 cm³/mol. The second-order valence-electron chi connectivity index (χ2n) is 5.74. The lowest BCUT2D eigenvalue weighted by Gasteiger charge is -2.16. The number of hydrogen-bond donors (Lipinski definition) is 3. The van der Waals surface area contributed by atoms with E-state index in [1.54, 1.807) is 30.3 Å². The molecule has 0 unspecified atom stereocenters. The maximum atomic E-state index is 13.8. The molecule has 3 atom stereocenters. The molecule has 1 saturated heterocycles. The highest BCUT2D eigenvalue weighted by Crippen LogP contribution is 2.23. The number of hydrogen-bond acceptors (Lipinski definition) is 4. The van der Waals surface area contributed by atoms with Gasteiger partial charge in [-0.1, -0.05) is 42.5 Å². The normalized spacial score (nSPS) is 23.3. The molecule has 0 aliphatic carbocycles. The monoisotopic (exact) mass is 331 g/mol. The molecule has 3 rings (SSSR count). The third kappa shape index (κ3) is 3.46. The van der Waals surface area contributed by atoms with Gasteiger partial charge in [0.05, 0.1) is 12.7 Å². The number of nitrogens with one attached hydrogen (secondary N) is 1. The van der Waals surface area contributed by atoms with E-state index in [1.807, 2.05) is 12.1 Å².